The molecule has 0 amide bonds. The van der Waals surface area contributed by atoms with Crippen molar-refractivity contribution in [3.8, 4) is 17.3 Å². The molecule has 0 aliphatic carbocycles. The first-order chi connectivity index (χ1) is 8.49. The lowest BCUT2D eigenvalue weighted by molar-refractivity contribution is 0.440. The number of hydrogen-bond donors (Lipinski definition) is 2. The summed E-state index contributed by atoms with van der Waals surface area (Å²) >= 11 is 0. The predicted molar refractivity (Wildman–Crippen MR) is 66.0 cm³/mol. The van der Waals surface area contributed by atoms with Gasteiger partial charge in [-0.3, -0.25) is 4.79 Å². The molecule has 1 aromatic carbocycles. The SMILES string of the molecule is CC(C)c1c(O)nc(-c2ccc(F)cc2)[nH]c1=O. The Morgan fingerprint density at radius 3 is 2.39 bits per heavy atom. The zero-order valence-electron chi connectivity index (χ0n) is 10.1. The van der Waals surface area contributed by atoms with Crippen molar-refractivity contribution in [2.75, 3.05) is 0 Å². The molecule has 5 heteroatoms. The molecule has 4 nitrogen and oxygen atoms in total. The molecule has 0 radical (unpaired) electrons. The summed E-state index contributed by atoms with van der Waals surface area (Å²) in [5, 5.41) is 9.75. The average Bonchev–Trinajstić information content (AvgIpc) is 2.28. The van der Waals surface area contributed by atoms with Crippen LogP contribution in [0.25, 0.3) is 11.4 Å². The first-order valence-corrected chi connectivity index (χ1v) is 5.58. The van der Waals surface area contributed by atoms with Gasteiger partial charge in [0.1, 0.15) is 11.6 Å². The highest BCUT2D eigenvalue weighted by Crippen LogP contribution is 2.22. The number of nitrogens with zero attached hydrogens (tertiary/aromatic N) is 1. The summed E-state index contributed by atoms with van der Waals surface area (Å²) in [6, 6.07) is 5.51. The van der Waals surface area contributed by atoms with E-state index in [4.69, 9.17) is 0 Å². The van der Waals surface area contributed by atoms with Crippen LogP contribution < -0.4 is 5.56 Å². The van der Waals surface area contributed by atoms with Gasteiger partial charge >= 0.3 is 0 Å². The molecule has 0 unspecified atom stereocenters. The molecule has 0 saturated carbocycles. The molecule has 0 bridgehead atoms. The summed E-state index contributed by atoms with van der Waals surface area (Å²) in [5.74, 6) is -0.553. The van der Waals surface area contributed by atoms with E-state index < -0.39 is 0 Å². The first kappa shape index (κ1) is 12.3. The first-order valence-electron chi connectivity index (χ1n) is 5.58. The standard InChI is InChI=1S/C13H13FN2O2/c1-7(2)10-12(17)15-11(16-13(10)18)8-3-5-9(14)6-4-8/h3-7H,1-2H3,(H2,15,16,17,18). The molecular formula is C13H13FN2O2. The van der Waals surface area contributed by atoms with Crippen molar-refractivity contribution in [2.24, 2.45) is 0 Å². The molecule has 18 heavy (non-hydrogen) atoms. The molecule has 2 N–H and O–H groups in total. The highest BCUT2D eigenvalue weighted by molar-refractivity contribution is 5.55. The van der Waals surface area contributed by atoms with E-state index in [-0.39, 0.29) is 34.6 Å². The van der Waals surface area contributed by atoms with Crippen molar-refractivity contribution >= 4 is 0 Å². The summed E-state index contributed by atoms with van der Waals surface area (Å²) in [5.41, 5.74) is 0.414. The normalized spacial score (nSPS) is 10.9. The van der Waals surface area contributed by atoms with E-state index in [1.54, 1.807) is 13.8 Å². The van der Waals surface area contributed by atoms with E-state index in [0.717, 1.165) is 0 Å². The summed E-state index contributed by atoms with van der Waals surface area (Å²) in [7, 11) is 0. The number of aromatic amines is 1. The molecule has 1 heterocycles. The van der Waals surface area contributed by atoms with Crippen LogP contribution in [0.5, 0.6) is 5.88 Å². The van der Waals surface area contributed by atoms with Crippen molar-refractivity contribution in [1.29, 1.82) is 0 Å². The highest BCUT2D eigenvalue weighted by atomic mass is 19.1. The van der Waals surface area contributed by atoms with Crippen LogP contribution in [0.2, 0.25) is 0 Å². The van der Waals surface area contributed by atoms with Crippen LogP contribution >= 0.6 is 0 Å². The molecule has 0 aliphatic rings. The van der Waals surface area contributed by atoms with Gasteiger partial charge in [0, 0.05) is 5.56 Å². The summed E-state index contributed by atoms with van der Waals surface area (Å²) in [6.45, 7) is 3.59. The summed E-state index contributed by atoms with van der Waals surface area (Å²) in [4.78, 5) is 18.3. The molecule has 0 fully saturated rings. The quantitative estimate of drug-likeness (QED) is 0.857. The molecular weight excluding hydrogens is 235 g/mol. The maximum atomic E-state index is 12.8. The minimum Gasteiger partial charge on any atom is -0.493 e. The number of benzene rings is 1. The van der Waals surface area contributed by atoms with Crippen molar-refractivity contribution in [3.63, 3.8) is 0 Å². The molecule has 2 rings (SSSR count). The van der Waals surface area contributed by atoms with Crippen molar-refractivity contribution in [3.05, 3.63) is 46.0 Å². The highest BCUT2D eigenvalue weighted by Gasteiger charge is 2.14. The molecule has 0 spiro atoms. The molecule has 94 valence electrons. The van der Waals surface area contributed by atoms with Crippen molar-refractivity contribution in [1.82, 2.24) is 9.97 Å². The minimum atomic E-state index is -0.378. The molecule has 0 aliphatic heterocycles. The van der Waals surface area contributed by atoms with Gasteiger partial charge in [-0.15, -0.1) is 0 Å². The number of hydrogen-bond acceptors (Lipinski definition) is 3. The molecule has 2 aromatic rings. The van der Waals surface area contributed by atoms with Gasteiger partial charge < -0.3 is 10.1 Å². The number of H-pyrrole nitrogens is 1. The Labute approximate surface area is 103 Å². The van der Waals surface area contributed by atoms with Crippen molar-refractivity contribution < 1.29 is 9.50 Å². The molecule has 0 atom stereocenters. The Morgan fingerprint density at radius 1 is 1.28 bits per heavy atom. The third kappa shape index (κ3) is 2.25. The lowest BCUT2D eigenvalue weighted by Gasteiger charge is -2.08. The maximum absolute atomic E-state index is 12.8. The fraction of sp³-hybridized carbons (Fsp3) is 0.231. The van der Waals surface area contributed by atoms with Gasteiger partial charge in [0.2, 0.25) is 5.88 Å². The predicted octanol–water partition coefficient (Wildman–Crippen LogP) is 2.40. The zero-order chi connectivity index (χ0) is 13.3. The second kappa shape index (κ2) is 4.60. The Morgan fingerprint density at radius 2 is 1.89 bits per heavy atom. The fourth-order valence-electron chi connectivity index (χ4n) is 1.74. The third-order valence-corrected chi connectivity index (χ3v) is 2.63. The van der Waals surface area contributed by atoms with Crippen LogP contribution in [0.15, 0.2) is 29.1 Å². The lowest BCUT2D eigenvalue weighted by atomic mass is 10.1. The van der Waals surface area contributed by atoms with Gasteiger partial charge in [0.25, 0.3) is 5.56 Å². The summed E-state index contributed by atoms with van der Waals surface area (Å²) < 4.78 is 12.8. The third-order valence-electron chi connectivity index (χ3n) is 2.63. The van der Waals surface area contributed by atoms with Crippen LogP contribution in [-0.2, 0) is 0 Å². The van der Waals surface area contributed by atoms with Gasteiger partial charge in [0.05, 0.1) is 5.56 Å². The Hall–Kier alpha value is -2.17. The maximum Gasteiger partial charge on any atom is 0.258 e. The van der Waals surface area contributed by atoms with Crippen molar-refractivity contribution in [2.45, 2.75) is 19.8 Å². The zero-order valence-corrected chi connectivity index (χ0v) is 10.1. The lowest BCUT2D eigenvalue weighted by Crippen LogP contribution is -2.16. The van der Waals surface area contributed by atoms with Crippen LogP contribution in [0, 0.1) is 5.82 Å². The van der Waals surface area contributed by atoms with Gasteiger partial charge in [0.15, 0.2) is 0 Å². The summed E-state index contributed by atoms with van der Waals surface area (Å²) in [6.07, 6.45) is 0. The van der Waals surface area contributed by atoms with E-state index in [2.05, 4.69) is 9.97 Å². The largest absolute Gasteiger partial charge is 0.493 e. The second-order valence-electron chi connectivity index (χ2n) is 4.31. The topological polar surface area (TPSA) is 66.0 Å². The number of aromatic hydroxyl groups is 1. The second-order valence-corrected chi connectivity index (χ2v) is 4.31. The van der Waals surface area contributed by atoms with E-state index >= 15 is 0 Å². The average molecular weight is 248 g/mol. The van der Waals surface area contributed by atoms with Crippen LogP contribution in [0.4, 0.5) is 4.39 Å². The molecule has 1 aromatic heterocycles. The Kier molecular flexibility index (Phi) is 3.14. The number of aromatic nitrogens is 2. The van der Waals surface area contributed by atoms with E-state index in [0.29, 0.717) is 5.56 Å². The van der Waals surface area contributed by atoms with Crippen LogP contribution in [-0.4, -0.2) is 15.1 Å². The van der Waals surface area contributed by atoms with E-state index in [9.17, 15) is 14.3 Å². The Bertz CT molecular complexity index is 618. The number of rotatable bonds is 2. The van der Waals surface area contributed by atoms with Crippen LogP contribution in [0.3, 0.4) is 0 Å². The minimum absolute atomic E-state index is 0.122. The van der Waals surface area contributed by atoms with Gasteiger partial charge in [-0.1, -0.05) is 13.8 Å². The fourth-order valence-corrected chi connectivity index (χ4v) is 1.74. The monoisotopic (exact) mass is 248 g/mol. The molecule has 0 saturated heterocycles. The van der Waals surface area contributed by atoms with Gasteiger partial charge in [-0.2, -0.15) is 4.98 Å². The van der Waals surface area contributed by atoms with E-state index in [1.807, 2.05) is 0 Å². The smallest absolute Gasteiger partial charge is 0.258 e. The van der Waals surface area contributed by atoms with E-state index in [1.165, 1.54) is 24.3 Å². The Balaban J connectivity index is 2.55. The van der Waals surface area contributed by atoms with Gasteiger partial charge in [-0.25, -0.2) is 4.39 Å². The van der Waals surface area contributed by atoms with Crippen LogP contribution in [0.1, 0.15) is 25.3 Å². The number of halogens is 1. The van der Waals surface area contributed by atoms with Gasteiger partial charge in [-0.05, 0) is 30.2 Å². The number of nitrogens with one attached hydrogen (secondary N) is 1.